The van der Waals surface area contributed by atoms with Crippen molar-refractivity contribution in [3.63, 3.8) is 0 Å². The van der Waals surface area contributed by atoms with Crippen LogP contribution in [-0.4, -0.2) is 35.1 Å². The summed E-state index contributed by atoms with van der Waals surface area (Å²) in [5.41, 5.74) is 1.80. The summed E-state index contributed by atoms with van der Waals surface area (Å²) in [6.45, 7) is 12.6. The fourth-order valence-electron chi connectivity index (χ4n) is 1.14. The summed E-state index contributed by atoms with van der Waals surface area (Å²) in [5, 5.41) is 22.7. The first-order valence-corrected chi connectivity index (χ1v) is 6.91. The number of aliphatic hydroxyl groups excluding tert-OH is 3. The van der Waals surface area contributed by atoms with Crippen molar-refractivity contribution in [2.24, 2.45) is 5.41 Å². The molecule has 0 atom stereocenters. The molecule has 0 aliphatic heterocycles. The molecule has 1 rings (SSSR count). The van der Waals surface area contributed by atoms with Crippen LogP contribution in [0.5, 0.6) is 0 Å². The summed E-state index contributed by atoms with van der Waals surface area (Å²) < 4.78 is 0. The fourth-order valence-corrected chi connectivity index (χ4v) is 1.14. The average Bonchev–Trinajstić information content (AvgIpc) is 2.71. The van der Waals surface area contributed by atoms with Gasteiger partial charge in [-0.2, -0.15) is 6.08 Å². The van der Waals surface area contributed by atoms with Crippen LogP contribution in [0.4, 0.5) is 0 Å². The molecule has 0 fully saturated rings. The molecule has 0 saturated heterocycles. The van der Waals surface area contributed by atoms with Crippen LogP contribution in [-0.2, 0) is 25.8 Å². The van der Waals surface area contributed by atoms with Crippen molar-refractivity contribution in [2.75, 3.05) is 19.8 Å². The van der Waals surface area contributed by atoms with E-state index >= 15 is 0 Å². The van der Waals surface area contributed by atoms with Gasteiger partial charge in [-0.05, 0) is 26.2 Å². The van der Waals surface area contributed by atoms with Crippen LogP contribution >= 0.6 is 0 Å². The van der Waals surface area contributed by atoms with Crippen molar-refractivity contribution >= 4 is 0 Å². The summed E-state index contributed by atoms with van der Waals surface area (Å²) in [7, 11) is 0. The van der Waals surface area contributed by atoms with Gasteiger partial charge >= 0.3 is 0 Å². The van der Waals surface area contributed by atoms with Crippen LogP contribution in [0.15, 0.2) is 17.7 Å². The topological polar surface area (TPSA) is 60.7 Å². The van der Waals surface area contributed by atoms with Gasteiger partial charge in [0, 0.05) is 45.7 Å². The predicted molar refractivity (Wildman–Crippen MR) is 82.9 cm³/mol. The molecule has 0 aromatic carbocycles. The minimum Gasteiger partial charge on any atom is -0.397 e. The van der Waals surface area contributed by atoms with Gasteiger partial charge in [0.05, 0.1) is 0 Å². The second-order valence-electron chi connectivity index (χ2n) is 4.99. The molecule has 3 N–H and O–H groups in total. The summed E-state index contributed by atoms with van der Waals surface area (Å²) >= 11 is 0. The van der Waals surface area contributed by atoms with Gasteiger partial charge in [0.25, 0.3) is 0 Å². The van der Waals surface area contributed by atoms with Crippen LogP contribution in [0.1, 0.15) is 54.4 Å². The molecule has 0 spiro atoms. The van der Waals surface area contributed by atoms with E-state index in [1.807, 2.05) is 0 Å². The minimum absolute atomic E-state index is 0. The Morgan fingerprint density at radius 1 is 1.00 bits per heavy atom. The molecule has 20 heavy (non-hydrogen) atoms. The molecular formula is C16H33HfO3-. The molecule has 0 aromatic heterocycles. The van der Waals surface area contributed by atoms with E-state index in [1.165, 1.54) is 5.57 Å². The van der Waals surface area contributed by atoms with Crippen LogP contribution < -0.4 is 0 Å². The normalized spacial score (nSPS) is 11.6. The SMILES string of the molecule is CC(C)(C)CC1=[C-]CC=C1.CCO.CCO.CCO.[Hf]. The third kappa shape index (κ3) is 36.2. The van der Waals surface area contributed by atoms with E-state index in [1.54, 1.807) is 20.8 Å². The van der Waals surface area contributed by atoms with Crippen molar-refractivity contribution in [3.8, 4) is 0 Å². The molecule has 1 aliphatic rings. The monoisotopic (exact) mass is 453 g/mol. The fraction of sp³-hybridized carbons (Fsp3) is 0.750. The van der Waals surface area contributed by atoms with E-state index < -0.39 is 0 Å². The number of allylic oxidation sites excluding steroid dienone is 4. The van der Waals surface area contributed by atoms with Gasteiger partial charge in [-0.25, -0.2) is 11.6 Å². The molecule has 0 amide bonds. The standard InChI is InChI=1S/C10H15.3C2H6O.Hf/c1-10(2,3)8-9-6-4-5-7-9;3*1-2-3;/h4,6H,5,8H2,1-3H3;3*3H,2H2,1H3;/q-1;;;;. The van der Waals surface area contributed by atoms with Crippen molar-refractivity contribution in [2.45, 2.75) is 54.4 Å². The molecular weight excluding hydrogens is 419 g/mol. The van der Waals surface area contributed by atoms with Gasteiger partial charge in [-0.3, -0.25) is 6.08 Å². The van der Waals surface area contributed by atoms with E-state index in [0.29, 0.717) is 5.41 Å². The quantitative estimate of drug-likeness (QED) is 0.424. The molecule has 0 unspecified atom stereocenters. The van der Waals surface area contributed by atoms with Gasteiger partial charge in [-0.1, -0.05) is 27.2 Å². The Hall–Kier alpha value is 0.230. The molecule has 0 aromatic rings. The molecule has 0 bridgehead atoms. The van der Waals surface area contributed by atoms with Gasteiger partial charge in [-0.15, -0.1) is 6.42 Å². The Kier molecular flexibility index (Phi) is 30.6. The summed E-state index contributed by atoms with van der Waals surface area (Å²) in [4.78, 5) is 0. The minimum atomic E-state index is 0. The first-order valence-electron chi connectivity index (χ1n) is 6.91. The van der Waals surface area contributed by atoms with E-state index in [-0.39, 0.29) is 45.7 Å². The first-order chi connectivity index (χ1) is 8.82. The maximum absolute atomic E-state index is 7.57. The van der Waals surface area contributed by atoms with Crippen LogP contribution in [0, 0.1) is 11.5 Å². The largest absolute Gasteiger partial charge is 0.397 e. The van der Waals surface area contributed by atoms with Crippen LogP contribution in [0.2, 0.25) is 0 Å². The van der Waals surface area contributed by atoms with Crippen LogP contribution in [0.3, 0.4) is 0 Å². The molecule has 0 heterocycles. The second-order valence-corrected chi connectivity index (χ2v) is 4.99. The zero-order valence-corrected chi connectivity index (χ0v) is 17.6. The smallest absolute Gasteiger partial charge is 0.0402 e. The summed E-state index contributed by atoms with van der Waals surface area (Å²) in [6.07, 6.45) is 9.85. The van der Waals surface area contributed by atoms with Crippen molar-refractivity contribution < 1.29 is 41.2 Å². The maximum Gasteiger partial charge on any atom is 0.0402 e. The van der Waals surface area contributed by atoms with E-state index in [2.05, 4.69) is 39.0 Å². The van der Waals surface area contributed by atoms with E-state index in [0.717, 1.165) is 12.8 Å². The Morgan fingerprint density at radius 3 is 1.55 bits per heavy atom. The number of rotatable bonds is 1. The number of aliphatic hydroxyl groups is 3. The zero-order chi connectivity index (χ0) is 15.7. The number of hydrogen-bond acceptors (Lipinski definition) is 3. The van der Waals surface area contributed by atoms with Gasteiger partial charge in [0.1, 0.15) is 0 Å². The Morgan fingerprint density at radius 2 is 1.35 bits per heavy atom. The molecule has 4 heteroatoms. The Balaban J connectivity index is -0.000000108. The third-order valence-corrected chi connectivity index (χ3v) is 1.49. The Labute approximate surface area is 144 Å². The molecule has 0 radical (unpaired) electrons. The maximum atomic E-state index is 7.57. The van der Waals surface area contributed by atoms with E-state index in [4.69, 9.17) is 15.3 Å². The summed E-state index contributed by atoms with van der Waals surface area (Å²) in [6, 6.07) is 0. The predicted octanol–water partition coefficient (Wildman–Crippen LogP) is 3.11. The van der Waals surface area contributed by atoms with Crippen molar-refractivity contribution in [1.82, 2.24) is 0 Å². The van der Waals surface area contributed by atoms with Crippen molar-refractivity contribution in [3.05, 3.63) is 23.8 Å². The zero-order valence-electron chi connectivity index (χ0n) is 14.0. The first kappa shape index (κ1) is 28.4. The summed E-state index contributed by atoms with van der Waals surface area (Å²) in [5.74, 6) is 0. The number of hydrogen-bond donors (Lipinski definition) is 3. The molecule has 0 saturated carbocycles. The average molecular weight is 452 g/mol. The van der Waals surface area contributed by atoms with Crippen LogP contribution in [0.25, 0.3) is 0 Å². The third-order valence-electron chi connectivity index (χ3n) is 1.49. The van der Waals surface area contributed by atoms with E-state index in [9.17, 15) is 0 Å². The molecule has 120 valence electrons. The molecule has 3 nitrogen and oxygen atoms in total. The Bertz CT molecular complexity index is 213. The second kappa shape index (κ2) is 21.5. The van der Waals surface area contributed by atoms with Gasteiger partial charge < -0.3 is 15.3 Å². The van der Waals surface area contributed by atoms with Crippen molar-refractivity contribution in [1.29, 1.82) is 0 Å². The molecule has 1 aliphatic carbocycles. The van der Waals surface area contributed by atoms with Gasteiger partial charge in [0.15, 0.2) is 0 Å². The van der Waals surface area contributed by atoms with Gasteiger partial charge in [0.2, 0.25) is 0 Å².